The minimum absolute atomic E-state index is 0.308. The summed E-state index contributed by atoms with van der Waals surface area (Å²) in [6, 6.07) is 0. The summed E-state index contributed by atoms with van der Waals surface area (Å²) >= 11 is 1.80. The van der Waals surface area contributed by atoms with Crippen molar-refractivity contribution in [2.45, 2.75) is 18.1 Å². The topological polar surface area (TPSA) is 58.9 Å². The summed E-state index contributed by atoms with van der Waals surface area (Å²) in [4.78, 5) is 27.1. The van der Waals surface area contributed by atoms with Crippen molar-refractivity contribution in [2.24, 2.45) is 15.9 Å². The maximum absolute atomic E-state index is 9.98. The fourth-order valence-electron chi connectivity index (χ4n) is 1.59. The molecule has 5 heteroatoms. The molecule has 1 heterocycles. The van der Waals surface area contributed by atoms with Gasteiger partial charge in [0.1, 0.15) is 0 Å². The number of carbonyl (C=O) groups excluding carboxylic acids is 2. The average molecular weight is 212 g/mol. The van der Waals surface area contributed by atoms with E-state index >= 15 is 0 Å². The Morgan fingerprint density at radius 2 is 1.93 bits per heavy atom. The van der Waals surface area contributed by atoms with Gasteiger partial charge in [-0.3, -0.25) is 0 Å². The van der Waals surface area contributed by atoms with Crippen LogP contribution >= 0.6 is 11.8 Å². The highest BCUT2D eigenvalue weighted by Gasteiger charge is 2.25. The van der Waals surface area contributed by atoms with Crippen LogP contribution in [0, 0.1) is 5.92 Å². The first kappa shape index (κ1) is 11.2. The van der Waals surface area contributed by atoms with Crippen LogP contribution in [0.5, 0.6) is 0 Å². The lowest BCUT2D eigenvalue weighted by Gasteiger charge is -2.27. The third-order valence-corrected chi connectivity index (χ3v) is 3.79. The van der Waals surface area contributed by atoms with Crippen molar-refractivity contribution in [3.8, 4) is 0 Å². The Hall–Kier alpha value is -0.890. The molecular weight excluding hydrogens is 200 g/mol. The van der Waals surface area contributed by atoms with E-state index in [0.29, 0.717) is 24.3 Å². The summed E-state index contributed by atoms with van der Waals surface area (Å²) in [5.41, 5.74) is 0. The zero-order chi connectivity index (χ0) is 10.2. The first-order valence-electron chi connectivity index (χ1n) is 4.57. The second-order valence-electron chi connectivity index (χ2n) is 3.18. The molecule has 76 valence electrons. The molecule has 0 aliphatic carbocycles. The van der Waals surface area contributed by atoms with Crippen LogP contribution in [0.25, 0.3) is 0 Å². The number of isocyanates is 2. The van der Waals surface area contributed by atoms with Crippen LogP contribution in [-0.4, -0.2) is 36.3 Å². The minimum atomic E-state index is 0.308. The SMILES string of the molecule is O=C=NCC1CCCSC1CN=C=O. The second-order valence-corrected chi connectivity index (χ2v) is 4.52. The lowest BCUT2D eigenvalue weighted by Crippen LogP contribution is -2.27. The fourth-order valence-corrected chi connectivity index (χ4v) is 2.90. The van der Waals surface area contributed by atoms with Crippen LogP contribution in [0.4, 0.5) is 0 Å². The molecule has 0 saturated carbocycles. The quantitative estimate of drug-likeness (QED) is 0.519. The normalized spacial score (nSPS) is 26.0. The Kier molecular flexibility index (Phi) is 5.23. The van der Waals surface area contributed by atoms with Gasteiger partial charge in [0.15, 0.2) is 0 Å². The van der Waals surface area contributed by atoms with Crippen molar-refractivity contribution in [1.29, 1.82) is 0 Å². The van der Waals surface area contributed by atoms with Crippen molar-refractivity contribution < 1.29 is 9.59 Å². The number of nitrogens with zero attached hydrogens (tertiary/aromatic N) is 2. The van der Waals surface area contributed by atoms with E-state index in [-0.39, 0.29) is 0 Å². The highest BCUT2D eigenvalue weighted by molar-refractivity contribution is 8.00. The maximum atomic E-state index is 9.98. The van der Waals surface area contributed by atoms with E-state index in [2.05, 4.69) is 9.98 Å². The molecule has 2 unspecified atom stereocenters. The fraction of sp³-hybridized carbons (Fsp3) is 0.778. The molecule has 1 aliphatic heterocycles. The Morgan fingerprint density at radius 3 is 2.64 bits per heavy atom. The third kappa shape index (κ3) is 3.46. The number of hydrogen-bond donors (Lipinski definition) is 0. The molecule has 0 radical (unpaired) electrons. The molecule has 0 aromatic carbocycles. The molecule has 0 aromatic rings. The predicted molar refractivity (Wildman–Crippen MR) is 54.9 cm³/mol. The van der Waals surface area contributed by atoms with E-state index in [1.54, 1.807) is 23.9 Å². The highest BCUT2D eigenvalue weighted by Crippen LogP contribution is 2.30. The lowest BCUT2D eigenvalue weighted by molar-refractivity contribution is 0.459. The van der Waals surface area contributed by atoms with Crippen molar-refractivity contribution in [3.63, 3.8) is 0 Å². The molecule has 1 rings (SSSR count). The molecular formula is C9H12N2O2S. The minimum Gasteiger partial charge on any atom is -0.211 e. The van der Waals surface area contributed by atoms with Gasteiger partial charge in [-0.25, -0.2) is 19.6 Å². The summed E-state index contributed by atoms with van der Waals surface area (Å²) in [6.07, 6.45) is 5.29. The third-order valence-electron chi connectivity index (χ3n) is 2.30. The molecule has 0 spiro atoms. The van der Waals surface area contributed by atoms with Gasteiger partial charge >= 0.3 is 0 Å². The molecule has 1 saturated heterocycles. The van der Waals surface area contributed by atoms with Crippen LogP contribution in [0.1, 0.15) is 12.8 Å². The summed E-state index contributed by atoms with van der Waals surface area (Å²) in [5.74, 6) is 1.45. The van der Waals surface area contributed by atoms with Crippen LogP contribution in [0.3, 0.4) is 0 Å². The van der Waals surface area contributed by atoms with Gasteiger partial charge in [0.2, 0.25) is 12.2 Å². The maximum Gasteiger partial charge on any atom is 0.234 e. The van der Waals surface area contributed by atoms with E-state index in [9.17, 15) is 9.59 Å². The smallest absolute Gasteiger partial charge is 0.211 e. The second kappa shape index (κ2) is 6.55. The summed E-state index contributed by atoms with van der Waals surface area (Å²) in [5, 5.41) is 0.308. The van der Waals surface area contributed by atoms with Crippen molar-refractivity contribution in [1.82, 2.24) is 0 Å². The summed E-state index contributed by atoms with van der Waals surface area (Å²) < 4.78 is 0. The van der Waals surface area contributed by atoms with Crippen molar-refractivity contribution in [2.75, 3.05) is 18.8 Å². The van der Waals surface area contributed by atoms with E-state index in [1.165, 1.54) is 0 Å². The van der Waals surface area contributed by atoms with E-state index in [4.69, 9.17) is 0 Å². The number of rotatable bonds is 4. The first-order valence-corrected chi connectivity index (χ1v) is 5.62. The number of aliphatic imine (C=N–C) groups is 2. The van der Waals surface area contributed by atoms with Crippen molar-refractivity contribution >= 4 is 23.9 Å². The van der Waals surface area contributed by atoms with E-state index < -0.39 is 0 Å². The standard InChI is InChI=1S/C9H12N2O2S/c12-6-10-4-8-2-1-3-14-9(8)5-11-7-13/h8-9H,1-5H2. The Bertz CT molecular complexity index is 242. The lowest BCUT2D eigenvalue weighted by atomic mass is 9.99. The van der Waals surface area contributed by atoms with Gasteiger partial charge in [0, 0.05) is 5.25 Å². The summed E-state index contributed by atoms with van der Waals surface area (Å²) in [7, 11) is 0. The Labute approximate surface area is 86.9 Å². The molecule has 14 heavy (non-hydrogen) atoms. The van der Waals surface area contributed by atoms with Gasteiger partial charge in [-0.1, -0.05) is 0 Å². The van der Waals surface area contributed by atoms with Gasteiger partial charge in [0.05, 0.1) is 13.1 Å². The van der Waals surface area contributed by atoms with Crippen LogP contribution in [-0.2, 0) is 9.59 Å². The number of hydrogen-bond acceptors (Lipinski definition) is 5. The molecule has 0 bridgehead atoms. The van der Waals surface area contributed by atoms with Crippen molar-refractivity contribution in [3.05, 3.63) is 0 Å². The van der Waals surface area contributed by atoms with Gasteiger partial charge in [-0.2, -0.15) is 11.8 Å². The van der Waals surface area contributed by atoms with Gasteiger partial charge in [0.25, 0.3) is 0 Å². The van der Waals surface area contributed by atoms with E-state index in [0.717, 1.165) is 18.6 Å². The first-order chi connectivity index (χ1) is 6.88. The molecule has 0 N–H and O–H groups in total. The zero-order valence-corrected chi connectivity index (χ0v) is 8.63. The van der Waals surface area contributed by atoms with Gasteiger partial charge in [-0.05, 0) is 24.5 Å². The summed E-state index contributed by atoms with van der Waals surface area (Å²) in [6.45, 7) is 1.00. The van der Waals surface area contributed by atoms with Crippen LogP contribution < -0.4 is 0 Å². The van der Waals surface area contributed by atoms with Gasteiger partial charge < -0.3 is 0 Å². The molecule has 0 aromatic heterocycles. The monoisotopic (exact) mass is 212 g/mol. The highest BCUT2D eigenvalue weighted by atomic mass is 32.2. The van der Waals surface area contributed by atoms with E-state index in [1.807, 2.05) is 0 Å². The molecule has 1 fully saturated rings. The number of thioether (sulfide) groups is 1. The Balaban J connectivity index is 2.48. The molecule has 1 aliphatic rings. The molecule has 0 amide bonds. The largest absolute Gasteiger partial charge is 0.234 e. The predicted octanol–water partition coefficient (Wildman–Crippen LogP) is 1.17. The Morgan fingerprint density at radius 1 is 1.21 bits per heavy atom. The van der Waals surface area contributed by atoms with Gasteiger partial charge in [-0.15, -0.1) is 0 Å². The van der Waals surface area contributed by atoms with Crippen LogP contribution in [0.15, 0.2) is 9.98 Å². The van der Waals surface area contributed by atoms with Crippen LogP contribution in [0.2, 0.25) is 0 Å². The molecule has 2 atom stereocenters. The zero-order valence-electron chi connectivity index (χ0n) is 7.81. The molecule has 4 nitrogen and oxygen atoms in total. The average Bonchev–Trinajstić information content (AvgIpc) is 2.24.